The van der Waals surface area contributed by atoms with Crippen LogP contribution in [0.2, 0.25) is 0 Å². The van der Waals surface area contributed by atoms with Crippen molar-refractivity contribution in [1.82, 2.24) is 15.1 Å². The number of carbonyl (C=O) groups excluding carboxylic acids is 1. The third kappa shape index (κ3) is 4.09. The smallest absolute Gasteiger partial charge is 0.233 e. The molecule has 8 heteroatoms. The van der Waals surface area contributed by atoms with Crippen LogP contribution in [0.3, 0.4) is 0 Å². The summed E-state index contributed by atoms with van der Waals surface area (Å²) in [7, 11) is 3.27. The van der Waals surface area contributed by atoms with Crippen LogP contribution in [-0.2, 0) is 11.2 Å². The summed E-state index contributed by atoms with van der Waals surface area (Å²) in [4.78, 5) is 15.1. The minimum atomic E-state index is -0.165. The van der Waals surface area contributed by atoms with Gasteiger partial charge in [-0.1, -0.05) is 53.4 Å². The molecule has 6 nitrogen and oxygen atoms in total. The number of hydrogen-bond acceptors (Lipinski definition) is 7. The van der Waals surface area contributed by atoms with Gasteiger partial charge in [0.05, 0.1) is 26.0 Å². The maximum Gasteiger partial charge on any atom is 0.233 e. The van der Waals surface area contributed by atoms with Crippen LogP contribution in [0.25, 0.3) is 0 Å². The molecule has 4 rings (SSSR count). The second kappa shape index (κ2) is 8.84. The van der Waals surface area contributed by atoms with E-state index in [4.69, 9.17) is 9.47 Å². The summed E-state index contributed by atoms with van der Waals surface area (Å²) in [6.07, 6.45) is 0.772. The van der Waals surface area contributed by atoms with Crippen molar-refractivity contribution < 1.29 is 14.3 Å². The van der Waals surface area contributed by atoms with Crippen molar-refractivity contribution >= 4 is 29.0 Å². The van der Waals surface area contributed by atoms with Gasteiger partial charge in [0.15, 0.2) is 15.8 Å². The van der Waals surface area contributed by atoms with Crippen molar-refractivity contribution in [2.75, 3.05) is 26.5 Å². The van der Waals surface area contributed by atoms with E-state index in [0.29, 0.717) is 23.8 Å². The van der Waals surface area contributed by atoms with Gasteiger partial charge in [-0.3, -0.25) is 4.79 Å². The summed E-state index contributed by atoms with van der Waals surface area (Å²) in [5.41, 5.74) is 5.01. The van der Waals surface area contributed by atoms with Gasteiger partial charge in [-0.05, 0) is 35.2 Å². The van der Waals surface area contributed by atoms with E-state index in [1.54, 1.807) is 19.7 Å². The van der Waals surface area contributed by atoms with Crippen LogP contribution in [0, 0.1) is 0 Å². The van der Waals surface area contributed by atoms with Gasteiger partial charge in [-0.15, -0.1) is 10.2 Å². The molecule has 0 radical (unpaired) electrons. The quantitative estimate of drug-likeness (QED) is 0.557. The van der Waals surface area contributed by atoms with Crippen LogP contribution in [0.4, 0.5) is 0 Å². The first-order valence-corrected chi connectivity index (χ1v) is 11.1. The molecule has 2 aromatic carbocycles. The summed E-state index contributed by atoms with van der Waals surface area (Å²) >= 11 is 2.88. The highest BCUT2D eigenvalue weighted by atomic mass is 32.2. The van der Waals surface area contributed by atoms with Gasteiger partial charge in [0.1, 0.15) is 5.51 Å². The predicted molar refractivity (Wildman–Crippen MR) is 114 cm³/mol. The molecule has 1 aliphatic heterocycles. The van der Waals surface area contributed by atoms with Crippen LogP contribution in [0.1, 0.15) is 22.7 Å². The lowest BCUT2D eigenvalue weighted by Gasteiger charge is -2.38. The molecule has 3 aromatic rings. The third-order valence-electron chi connectivity index (χ3n) is 4.97. The molecule has 2 heterocycles. The number of benzene rings is 2. The summed E-state index contributed by atoms with van der Waals surface area (Å²) in [6.45, 7) is 0.650. The Hall–Kier alpha value is -2.58. The van der Waals surface area contributed by atoms with Crippen molar-refractivity contribution in [3.8, 4) is 11.5 Å². The second-order valence-electron chi connectivity index (χ2n) is 6.55. The zero-order valence-electron chi connectivity index (χ0n) is 16.2. The monoisotopic (exact) mass is 427 g/mol. The summed E-state index contributed by atoms with van der Waals surface area (Å²) < 4.78 is 11.8. The molecule has 0 bridgehead atoms. The highest BCUT2D eigenvalue weighted by molar-refractivity contribution is 8.01. The Balaban J connectivity index is 1.70. The molecule has 0 saturated carbocycles. The lowest BCUT2D eigenvalue weighted by Crippen LogP contribution is -2.41. The normalized spacial score (nSPS) is 15.7. The molecule has 150 valence electrons. The van der Waals surface area contributed by atoms with E-state index in [2.05, 4.69) is 22.3 Å². The Labute approximate surface area is 177 Å². The Bertz CT molecular complexity index is 980. The summed E-state index contributed by atoms with van der Waals surface area (Å²) in [5, 5.41) is 7.86. The maximum atomic E-state index is 13.2. The fourth-order valence-corrected chi connectivity index (χ4v) is 5.02. The summed E-state index contributed by atoms with van der Waals surface area (Å²) in [6, 6.07) is 14.0. The largest absolute Gasteiger partial charge is 0.493 e. The predicted octanol–water partition coefficient (Wildman–Crippen LogP) is 3.82. The molecule has 1 aliphatic rings. The number of carbonyl (C=O) groups is 1. The minimum Gasteiger partial charge on any atom is -0.493 e. The van der Waals surface area contributed by atoms with E-state index >= 15 is 0 Å². The number of thioether (sulfide) groups is 1. The first kappa shape index (κ1) is 19.7. The number of hydrogen-bond donors (Lipinski definition) is 0. The number of ether oxygens (including phenoxy) is 2. The van der Waals surface area contributed by atoms with Crippen molar-refractivity contribution in [1.29, 1.82) is 0 Å². The van der Waals surface area contributed by atoms with E-state index in [9.17, 15) is 4.79 Å². The average molecular weight is 428 g/mol. The third-order valence-corrected chi connectivity index (χ3v) is 6.81. The molecule has 1 amide bonds. The van der Waals surface area contributed by atoms with Gasteiger partial charge >= 0.3 is 0 Å². The SMILES string of the molecule is COc1cc2c(cc1OC)[C@@H](c1ccccc1)N(C(=O)CSc1nncs1)CC2. The van der Waals surface area contributed by atoms with E-state index in [-0.39, 0.29) is 11.9 Å². The maximum absolute atomic E-state index is 13.2. The van der Waals surface area contributed by atoms with Crippen molar-refractivity contribution in [3.05, 3.63) is 64.7 Å². The van der Waals surface area contributed by atoms with Crippen LogP contribution in [-0.4, -0.2) is 47.5 Å². The van der Waals surface area contributed by atoms with Crippen LogP contribution in [0.5, 0.6) is 11.5 Å². The van der Waals surface area contributed by atoms with E-state index in [0.717, 1.165) is 21.9 Å². The molecule has 0 saturated heterocycles. The average Bonchev–Trinajstić information content (AvgIpc) is 3.30. The number of nitrogens with zero attached hydrogens (tertiary/aromatic N) is 3. The van der Waals surface area contributed by atoms with Gasteiger partial charge < -0.3 is 14.4 Å². The zero-order valence-corrected chi connectivity index (χ0v) is 17.8. The van der Waals surface area contributed by atoms with Gasteiger partial charge in [0.25, 0.3) is 0 Å². The van der Waals surface area contributed by atoms with Gasteiger partial charge in [0.2, 0.25) is 5.91 Å². The molecule has 0 aliphatic carbocycles. The van der Waals surface area contributed by atoms with Crippen LogP contribution < -0.4 is 9.47 Å². The van der Waals surface area contributed by atoms with Gasteiger partial charge in [-0.2, -0.15) is 0 Å². The molecule has 0 spiro atoms. The number of amides is 1. The lowest BCUT2D eigenvalue weighted by molar-refractivity contribution is -0.130. The van der Waals surface area contributed by atoms with Crippen molar-refractivity contribution in [2.45, 2.75) is 16.8 Å². The van der Waals surface area contributed by atoms with E-state index in [1.807, 2.05) is 35.2 Å². The Morgan fingerprint density at radius 3 is 2.66 bits per heavy atom. The van der Waals surface area contributed by atoms with Crippen LogP contribution in [0.15, 0.2) is 52.3 Å². The number of rotatable bonds is 6. The topological polar surface area (TPSA) is 64.6 Å². The Kier molecular flexibility index (Phi) is 6.01. The van der Waals surface area contributed by atoms with Gasteiger partial charge in [0, 0.05) is 6.54 Å². The molecule has 0 N–H and O–H groups in total. The van der Waals surface area contributed by atoms with E-state index < -0.39 is 0 Å². The molecular formula is C21H21N3O3S2. The number of aromatic nitrogens is 2. The lowest BCUT2D eigenvalue weighted by atomic mass is 9.87. The second-order valence-corrected chi connectivity index (χ2v) is 8.61. The van der Waals surface area contributed by atoms with Crippen molar-refractivity contribution in [2.24, 2.45) is 0 Å². The molecule has 0 unspecified atom stereocenters. The molecule has 1 atom stereocenters. The van der Waals surface area contributed by atoms with E-state index in [1.165, 1.54) is 28.7 Å². The van der Waals surface area contributed by atoms with Crippen LogP contribution >= 0.6 is 23.1 Å². The zero-order chi connectivity index (χ0) is 20.2. The molecule has 0 fully saturated rings. The van der Waals surface area contributed by atoms with Gasteiger partial charge in [-0.25, -0.2) is 0 Å². The highest BCUT2D eigenvalue weighted by Crippen LogP contribution is 2.41. The fourth-order valence-electron chi connectivity index (χ4n) is 3.64. The standard InChI is InChI=1S/C21H21N3O3S2/c1-26-17-10-15-8-9-24(19(25)12-28-21-23-22-13-29-21)20(14-6-4-3-5-7-14)16(15)11-18(17)27-2/h3-7,10-11,13,20H,8-9,12H2,1-2H3/t20-/m1/s1. The minimum absolute atomic E-state index is 0.0829. The highest BCUT2D eigenvalue weighted by Gasteiger charge is 2.33. The Morgan fingerprint density at radius 2 is 1.97 bits per heavy atom. The fraction of sp³-hybridized carbons (Fsp3) is 0.286. The molecule has 1 aromatic heterocycles. The number of fused-ring (bicyclic) bond motifs is 1. The number of methoxy groups -OCH3 is 2. The summed E-state index contributed by atoms with van der Waals surface area (Å²) in [5.74, 6) is 1.80. The first-order chi connectivity index (χ1) is 14.2. The molecular weight excluding hydrogens is 406 g/mol. The molecule has 29 heavy (non-hydrogen) atoms. The first-order valence-electron chi connectivity index (χ1n) is 9.19. The van der Waals surface area contributed by atoms with Crippen molar-refractivity contribution in [3.63, 3.8) is 0 Å². The Morgan fingerprint density at radius 1 is 1.21 bits per heavy atom.